The van der Waals surface area contributed by atoms with Crippen LogP contribution < -0.4 is 10.6 Å². The quantitative estimate of drug-likeness (QED) is 0.814. The number of benzene rings is 1. The van der Waals surface area contributed by atoms with Crippen molar-refractivity contribution in [2.45, 2.75) is 19.4 Å². The minimum absolute atomic E-state index is 0. The normalized spacial score (nSPS) is 11.6. The number of rotatable bonds is 5. The lowest BCUT2D eigenvalue weighted by atomic mass is 10.1. The summed E-state index contributed by atoms with van der Waals surface area (Å²) in [6, 6.07) is 2.21. The Kier molecular flexibility index (Phi) is 8.34. The zero-order chi connectivity index (χ0) is 13.7. The molecule has 0 saturated heterocycles. The third-order valence-corrected chi connectivity index (χ3v) is 3.10. The molecule has 1 aromatic carbocycles. The molecule has 0 radical (unpaired) electrons. The predicted molar refractivity (Wildman–Crippen MR) is 78.8 cm³/mol. The fraction of sp³-hybridized carbons (Fsp3) is 0.417. The van der Waals surface area contributed by atoms with E-state index in [0.717, 1.165) is 0 Å². The Morgan fingerprint density at radius 1 is 1.37 bits per heavy atom. The van der Waals surface area contributed by atoms with Crippen molar-refractivity contribution in [1.29, 1.82) is 0 Å². The molecule has 1 rings (SSSR count). The number of carbonyl (C=O) groups is 1. The van der Waals surface area contributed by atoms with Gasteiger partial charge in [0.2, 0.25) is 5.91 Å². The van der Waals surface area contributed by atoms with Gasteiger partial charge in [-0.05, 0) is 31.7 Å². The molecule has 0 saturated carbocycles. The van der Waals surface area contributed by atoms with Crippen LogP contribution in [0, 0.1) is 5.82 Å². The molecular formula is C12H16Cl3FN2O. The first kappa shape index (κ1) is 18.4. The first-order valence-electron chi connectivity index (χ1n) is 5.54. The minimum Gasteiger partial charge on any atom is -0.349 e. The number of nitrogens with one attached hydrogen (secondary N) is 2. The van der Waals surface area contributed by atoms with Gasteiger partial charge < -0.3 is 10.6 Å². The monoisotopic (exact) mass is 328 g/mol. The van der Waals surface area contributed by atoms with E-state index >= 15 is 0 Å². The van der Waals surface area contributed by atoms with Crippen LogP contribution >= 0.6 is 35.6 Å². The van der Waals surface area contributed by atoms with Gasteiger partial charge in [-0.25, -0.2) is 4.39 Å². The molecule has 1 aromatic rings. The van der Waals surface area contributed by atoms with Gasteiger partial charge >= 0.3 is 0 Å². The molecule has 0 aliphatic heterocycles. The van der Waals surface area contributed by atoms with Gasteiger partial charge in [-0.15, -0.1) is 12.4 Å². The van der Waals surface area contributed by atoms with Crippen molar-refractivity contribution in [2.24, 2.45) is 0 Å². The topological polar surface area (TPSA) is 41.1 Å². The molecule has 0 fully saturated rings. The average molecular weight is 330 g/mol. The maximum atomic E-state index is 13.3. The Morgan fingerprint density at radius 2 is 2.00 bits per heavy atom. The number of carbonyl (C=O) groups excluding carboxylic acids is 1. The molecule has 7 heteroatoms. The van der Waals surface area contributed by atoms with Crippen LogP contribution in [0.5, 0.6) is 0 Å². The molecule has 2 N–H and O–H groups in total. The van der Waals surface area contributed by atoms with Crippen molar-refractivity contribution in [2.75, 3.05) is 13.6 Å². The van der Waals surface area contributed by atoms with Gasteiger partial charge in [0, 0.05) is 18.0 Å². The molecule has 0 heterocycles. The molecule has 0 aliphatic rings. The van der Waals surface area contributed by atoms with E-state index in [4.69, 9.17) is 23.2 Å². The van der Waals surface area contributed by atoms with E-state index in [2.05, 4.69) is 10.6 Å². The Bertz CT molecular complexity index is 443. The van der Waals surface area contributed by atoms with Crippen LogP contribution in [-0.4, -0.2) is 19.5 Å². The van der Waals surface area contributed by atoms with E-state index in [9.17, 15) is 9.18 Å². The molecule has 0 aliphatic carbocycles. The summed E-state index contributed by atoms with van der Waals surface area (Å²) >= 11 is 11.6. The molecule has 108 valence electrons. The molecule has 0 spiro atoms. The van der Waals surface area contributed by atoms with E-state index in [-0.39, 0.29) is 29.4 Å². The van der Waals surface area contributed by atoms with Crippen LogP contribution in [0.15, 0.2) is 12.1 Å². The fourth-order valence-electron chi connectivity index (χ4n) is 1.50. The Morgan fingerprint density at radius 3 is 2.58 bits per heavy atom. The summed E-state index contributed by atoms with van der Waals surface area (Å²) in [4.78, 5) is 11.5. The molecule has 3 nitrogen and oxygen atoms in total. The summed E-state index contributed by atoms with van der Waals surface area (Å²) in [7, 11) is 1.77. The van der Waals surface area contributed by atoms with Crippen LogP contribution in [-0.2, 0) is 4.79 Å². The smallest absolute Gasteiger partial charge is 0.221 e. The Labute approximate surface area is 128 Å². The highest BCUT2D eigenvalue weighted by Gasteiger charge is 2.15. The van der Waals surface area contributed by atoms with Gasteiger partial charge in [0.15, 0.2) is 0 Å². The number of halogens is 4. The molecule has 19 heavy (non-hydrogen) atoms. The maximum absolute atomic E-state index is 13.3. The Hall–Kier alpha value is -0.550. The summed E-state index contributed by atoms with van der Waals surface area (Å²) in [5, 5.41) is 5.93. The van der Waals surface area contributed by atoms with Gasteiger partial charge in [0.05, 0.1) is 11.1 Å². The van der Waals surface area contributed by atoms with Crippen molar-refractivity contribution in [3.8, 4) is 0 Å². The predicted octanol–water partition coefficient (Wildman–Crippen LogP) is 3.34. The van der Waals surface area contributed by atoms with Crippen LogP contribution in [0.2, 0.25) is 10.0 Å². The average Bonchev–Trinajstić information content (AvgIpc) is 2.31. The van der Waals surface area contributed by atoms with Gasteiger partial charge in [-0.3, -0.25) is 4.79 Å². The van der Waals surface area contributed by atoms with E-state index in [1.165, 1.54) is 12.1 Å². The van der Waals surface area contributed by atoms with Gasteiger partial charge in [-0.2, -0.15) is 0 Å². The summed E-state index contributed by atoms with van der Waals surface area (Å²) in [6.07, 6.45) is 0.356. The first-order chi connectivity index (χ1) is 8.45. The maximum Gasteiger partial charge on any atom is 0.221 e. The molecule has 1 amide bonds. The van der Waals surface area contributed by atoms with Gasteiger partial charge in [0.1, 0.15) is 5.82 Å². The lowest BCUT2D eigenvalue weighted by Crippen LogP contribution is -2.29. The standard InChI is InChI=1S/C12H15Cl2FN2O.ClH/c1-7(17-12(18)3-4-16-2)8-5-11(15)10(14)6-9(8)13;/h5-7,16H,3-4H2,1-2H3,(H,17,18);1H. The fourth-order valence-corrected chi connectivity index (χ4v) is 2.05. The summed E-state index contributed by atoms with van der Waals surface area (Å²) in [6.45, 7) is 2.33. The van der Waals surface area contributed by atoms with Gasteiger partial charge in [0.25, 0.3) is 0 Å². The lowest BCUT2D eigenvalue weighted by molar-refractivity contribution is -0.121. The zero-order valence-corrected chi connectivity index (χ0v) is 12.9. The highest BCUT2D eigenvalue weighted by molar-refractivity contribution is 6.35. The lowest BCUT2D eigenvalue weighted by Gasteiger charge is -2.16. The highest BCUT2D eigenvalue weighted by Crippen LogP contribution is 2.28. The van der Waals surface area contributed by atoms with E-state index in [0.29, 0.717) is 23.6 Å². The van der Waals surface area contributed by atoms with Crippen molar-refractivity contribution in [3.63, 3.8) is 0 Å². The third kappa shape index (κ3) is 5.53. The van der Waals surface area contributed by atoms with Crippen molar-refractivity contribution in [1.82, 2.24) is 10.6 Å². The SMILES string of the molecule is CNCCC(=O)NC(C)c1cc(F)c(Cl)cc1Cl.Cl. The van der Waals surface area contributed by atoms with E-state index < -0.39 is 5.82 Å². The molecular weight excluding hydrogens is 314 g/mol. The second-order valence-electron chi connectivity index (χ2n) is 3.93. The number of amides is 1. The number of hydrogen-bond donors (Lipinski definition) is 2. The van der Waals surface area contributed by atoms with Crippen molar-refractivity contribution < 1.29 is 9.18 Å². The highest BCUT2D eigenvalue weighted by atomic mass is 35.5. The Balaban J connectivity index is 0.00000324. The minimum atomic E-state index is -0.549. The third-order valence-electron chi connectivity index (χ3n) is 2.49. The van der Waals surface area contributed by atoms with Crippen molar-refractivity contribution >= 4 is 41.5 Å². The second kappa shape index (κ2) is 8.59. The van der Waals surface area contributed by atoms with Crippen LogP contribution in [0.1, 0.15) is 24.9 Å². The van der Waals surface area contributed by atoms with E-state index in [1.807, 2.05) is 0 Å². The van der Waals surface area contributed by atoms with Crippen LogP contribution in [0.4, 0.5) is 4.39 Å². The molecule has 0 aromatic heterocycles. The van der Waals surface area contributed by atoms with Crippen LogP contribution in [0.25, 0.3) is 0 Å². The summed E-state index contributed by atoms with van der Waals surface area (Å²) < 4.78 is 13.3. The number of hydrogen-bond acceptors (Lipinski definition) is 2. The zero-order valence-electron chi connectivity index (χ0n) is 10.6. The molecule has 1 unspecified atom stereocenters. The largest absolute Gasteiger partial charge is 0.349 e. The summed E-state index contributed by atoms with van der Waals surface area (Å²) in [5.74, 6) is -0.671. The van der Waals surface area contributed by atoms with Gasteiger partial charge in [-0.1, -0.05) is 23.2 Å². The van der Waals surface area contributed by atoms with Crippen LogP contribution in [0.3, 0.4) is 0 Å². The molecule has 0 bridgehead atoms. The van der Waals surface area contributed by atoms with Crippen molar-refractivity contribution in [3.05, 3.63) is 33.6 Å². The summed E-state index contributed by atoms with van der Waals surface area (Å²) in [5.41, 5.74) is 0.511. The molecule has 1 atom stereocenters. The first-order valence-corrected chi connectivity index (χ1v) is 6.29. The second-order valence-corrected chi connectivity index (χ2v) is 4.74. The van der Waals surface area contributed by atoms with E-state index in [1.54, 1.807) is 14.0 Å².